The summed E-state index contributed by atoms with van der Waals surface area (Å²) >= 11 is 0. The topological polar surface area (TPSA) is 231 Å². The zero-order chi connectivity index (χ0) is 40.2. The SMILES string of the molecule is CC[C@H]1O[C@@H](n2cnc3c(NC(=O)c4ccccc4)ncnc32)[C@H](F)[C@@H]1O.CC[C@H]1O[C@@H](n2cnc3c(NC(=O)c4ccccc4)ncnc32)[C@H](F)[C@@H]1O[P+](=O)O. The number of benzene rings is 2. The van der Waals surface area contributed by atoms with E-state index in [-0.39, 0.29) is 34.6 Å². The van der Waals surface area contributed by atoms with Gasteiger partial charge in [0.2, 0.25) is 0 Å². The van der Waals surface area contributed by atoms with Gasteiger partial charge < -0.3 is 25.2 Å². The molecule has 0 aliphatic carbocycles. The predicted octanol–water partition coefficient (Wildman–Crippen LogP) is 4.84. The quantitative estimate of drug-likeness (QED) is 0.136. The maximum absolute atomic E-state index is 15.0. The first-order valence-electron chi connectivity index (χ1n) is 17.8. The zero-order valence-corrected chi connectivity index (χ0v) is 31.1. The van der Waals surface area contributed by atoms with Crippen LogP contribution >= 0.6 is 8.25 Å². The highest BCUT2D eigenvalue weighted by molar-refractivity contribution is 7.32. The summed E-state index contributed by atoms with van der Waals surface area (Å²) in [7, 11) is -2.99. The Labute approximate surface area is 323 Å². The number of amides is 2. The first kappa shape index (κ1) is 39.5. The summed E-state index contributed by atoms with van der Waals surface area (Å²) in [6.07, 6.45) is -3.21. The van der Waals surface area contributed by atoms with Crippen LogP contribution in [0, 0.1) is 0 Å². The van der Waals surface area contributed by atoms with Crippen LogP contribution < -0.4 is 10.6 Å². The van der Waals surface area contributed by atoms with Gasteiger partial charge in [0.05, 0.1) is 24.9 Å². The number of ether oxygens (including phenoxy) is 2. The van der Waals surface area contributed by atoms with E-state index in [1.165, 1.54) is 34.4 Å². The minimum Gasteiger partial charge on any atom is -0.387 e. The van der Waals surface area contributed by atoms with Crippen molar-refractivity contribution in [3.63, 3.8) is 0 Å². The molecule has 1 unspecified atom stereocenters. The molecule has 0 spiro atoms. The minimum atomic E-state index is -2.99. The summed E-state index contributed by atoms with van der Waals surface area (Å²) in [6.45, 7) is 3.57. The fourth-order valence-electron chi connectivity index (χ4n) is 6.54. The fourth-order valence-corrected chi connectivity index (χ4v) is 7.00. The lowest BCUT2D eigenvalue weighted by Crippen LogP contribution is -2.29. The van der Waals surface area contributed by atoms with Crippen LogP contribution in [-0.2, 0) is 18.6 Å². The number of halogens is 2. The van der Waals surface area contributed by atoms with Gasteiger partial charge in [0.25, 0.3) is 11.8 Å². The molecule has 2 fully saturated rings. The van der Waals surface area contributed by atoms with E-state index < -0.39 is 57.5 Å². The van der Waals surface area contributed by atoms with E-state index in [1.54, 1.807) is 61.5 Å². The molecular formula is C36H36F2N10O8P+. The van der Waals surface area contributed by atoms with Crippen LogP contribution in [0.5, 0.6) is 0 Å². The summed E-state index contributed by atoms with van der Waals surface area (Å²) in [5.74, 6) is -0.336. The maximum Gasteiger partial charge on any atom is 0.695 e. The Kier molecular flexibility index (Phi) is 11.9. The lowest BCUT2D eigenvalue weighted by molar-refractivity contribution is -0.0238. The molecule has 0 saturated carbocycles. The number of alkyl halides is 2. The van der Waals surface area contributed by atoms with E-state index in [1.807, 2.05) is 13.0 Å². The van der Waals surface area contributed by atoms with Crippen molar-refractivity contribution in [2.45, 2.75) is 75.9 Å². The number of carbonyl (C=O) groups excluding carboxylic acids is 2. The molecule has 4 N–H and O–H groups in total. The molecule has 4 aromatic heterocycles. The van der Waals surface area contributed by atoms with Gasteiger partial charge in [-0.3, -0.25) is 18.7 Å². The Bertz CT molecular complexity index is 2380. The highest BCUT2D eigenvalue weighted by Crippen LogP contribution is 2.40. The summed E-state index contributed by atoms with van der Waals surface area (Å²) in [6, 6.07) is 17.3. The third-order valence-corrected chi connectivity index (χ3v) is 9.80. The Balaban J connectivity index is 0.000000175. The number of rotatable bonds is 10. The Hall–Kier alpha value is -5.76. The van der Waals surface area contributed by atoms with Crippen LogP contribution in [0.1, 0.15) is 59.9 Å². The van der Waals surface area contributed by atoms with Crippen molar-refractivity contribution in [1.82, 2.24) is 39.0 Å². The largest absolute Gasteiger partial charge is 0.695 e. The number of nitrogens with zero attached hydrogens (tertiary/aromatic N) is 8. The maximum atomic E-state index is 15.0. The number of carbonyl (C=O) groups is 2. The van der Waals surface area contributed by atoms with Crippen molar-refractivity contribution in [1.29, 1.82) is 0 Å². The van der Waals surface area contributed by atoms with Crippen molar-refractivity contribution in [2.75, 3.05) is 10.6 Å². The normalized spacial score (nSPS) is 24.6. The smallest absolute Gasteiger partial charge is 0.387 e. The van der Waals surface area contributed by atoms with Crippen molar-refractivity contribution in [3.8, 4) is 0 Å². The molecule has 6 heterocycles. The summed E-state index contributed by atoms with van der Waals surface area (Å²) in [4.78, 5) is 58.7. The molecule has 8 rings (SSSR count). The molecule has 18 nitrogen and oxygen atoms in total. The second-order valence-electron chi connectivity index (χ2n) is 12.9. The van der Waals surface area contributed by atoms with Gasteiger partial charge in [0.15, 0.2) is 64.9 Å². The minimum absolute atomic E-state index is 0.166. The highest BCUT2D eigenvalue weighted by Gasteiger charge is 2.51. The molecule has 2 aromatic carbocycles. The zero-order valence-electron chi connectivity index (χ0n) is 30.2. The molecule has 9 atom stereocenters. The molecular weight excluding hydrogens is 769 g/mol. The third kappa shape index (κ3) is 8.09. The molecule has 2 aliphatic rings. The first-order chi connectivity index (χ1) is 27.6. The van der Waals surface area contributed by atoms with Gasteiger partial charge in [-0.05, 0) is 37.1 Å². The summed E-state index contributed by atoms with van der Waals surface area (Å²) in [5.41, 5.74) is 2.03. The second-order valence-corrected chi connectivity index (χ2v) is 13.6. The number of hydrogen-bond acceptors (Lipinski definition) is 13. The predicted molar refractivity (Wildman–Crippen MR) is 198 cm³/mol. The number of fused-ring (bicyclic) bond motifs is 2. The fraction of sp³-hybridized carbons (Fsp3) is 0.333. The van der Waals surface area contributed by atoms with E-state index >= 15 is 4.39 Å². The molecule has 0 radical (unpaired) electrons. The Morgan fingerprint density at radius 2 is 1.19 bits per heavy atom. The molecule has 6 aromatic rings. The third-order valence-electron chi connectivity index (χ3n) is 9.38. The number of imidazole rings is 2. The second kappa shape index (κ2) is 17.2. The van der Waals surface area contributed by atoms with Gasteiger partial charge in [-0.2, -0.15) is 0 Å². The molecule has 57 heavy (non-hydrogen) atoms. The highest BCUT2D eigenvalue weighted by atomic mass is 31.1. The standard InChI is InChI=1S/C18H17FN5O5P.C18H18FN5O3/c1-2-11-14(29-30(26)27)12(19)18(28-11)24-9-22-13-15(20-8-21-16(13)24)23-17(25)10-6-4-3-5-7-10;1-2-11-14(25)12(19)18(27-11)24-9-22-13-15(20-8-21-16(13)24)23-17(26)10-6-4-3-5-7-10/h3-9,11-12,14,18H,2H2,1H3,(H-,20,21,23,25,26,27);3-9,11-12,14,18,25H,2H2,1H3,(H,20,21,23,26)/p+1/t2*11-,12-,14-,18-/m11/s1. The van der Waals surface area contributed by atoms with Gasteiger partial charge >= 0.3 is 8.25 Å². The van der Waals surface area contributed by atoms with Crippen molar-refractivity contribution in [2.24, 2.45) is 0 Å². The van der Waals surface area contributed by atoms with E-state index in [0.717, 1.165) is 0 Å². The van der Waals surface area contributed by atoms with Crippen molar-refractivity contribution < 1.29 is 46.9 Å². The Morgan fingerprint density at radius 1 is 0.737 bits per heavy atom. The molecule has 2 amide bonds. The van der Waals surface area contributed by atoms with Crippen molar-refractivity contribution in [3.05, 3.63) is 97.1 Å². The first-order valence-corrected chi connectivity index (χ1v) is 18.9. The average Bonchev–Trinajstić information content (AvgIpc) is 4.00. The number of aromatic nitrogens is 8. The number of anilines is 2. The van der Waals surface area contributed by atoms with Gasteiger partial charge in [-0.15, -0.1) is 9.42 Å². The van der Waals surface area contributed by atoms with Crippen LogP contribution in [-0.4, -0.2) is 97.6 Å². The summed E-state index contributed by atoms with van der Waals surface area (Å²) < 4.78 is 59.5. The molecule has 21 heteroatoms. The molecule has 2 aliphatic heterocycles. The van der Waals surface area contributed by atoms with E-state index in [9.17, 15) is 23.7 Å². The monoisotopic (exact) mass is 805 g/mol. The van der Waals surface area contributed by atoms with Crippen LogP contribution in [0.25, 0.3) is 22.3 Å². The van der Waals surface area contributed by atoms with E-state index in [4.69, 9.17) is 18.9 Å². The lowest BCUT2D eigenvalue weighted by Gasteiger charge is -2.15. The van der Waals surface area contributed by atoms with Gasteiger partial charge in [0, 0.05) is 15.7 Å². The van der Waals surface area contributed by atoms with Crippen LogP contribution in [0.15, 0.2) is 86.0 Å². The van der Waals surface area contributed by atoms with Crippen LogP contribution in [0.3, 0.4) is 0 Å². The average molecular weight is 806 g/mol. The van der Waals surface area contributed by atoms with Crippen molar-refractivity contribution >= 4 is 54.0 Å². The molecule has 0 bridgehead atoms. The van der Waals surface area contributed by atoms with Gasteiger partial charge in [0.1, 0.15) is 18.8 Å². The van der Waals surface area contributed by atoms with Gasteiger partial charge in [-0.1, -0.05) is 50.2 Å². The lowest BCUT2D eigenvalue weighted by atomic mass is 10.1. The number of aliphatic hydroxyl groups excluding tert-OH is 1. The van der Waals surface area contributed by atoms with Crippen LogP contribution in [0.4, 0.5) is 20.4 Å². The van der Waals surface area contributed by atoms with Gasteiger partial charge in [-0.25, -0.2) is 38.7 Å². The Morgan fingerprint density at radius 3 is 1.63 bits per heavy atom. The summed E-state index contributed by atoms with van der Waals surface area (Å²) in [5, 5.41) is 15.3. The number of nitrogens with one attached hydrogen (secondary N) is 2. The number of aliphatic hydroxyl groups is 1. The molecule has 2 saturated heterocycles. The van der Waals surface area contributed by atoms with E-state index in [0.29, 0.717) is 35.1 Å². The molecule has 296 valence electrons. The number of hydrogen-bond donors (Lipinski definition) is 4. The van der Waals surface area contributed by atoms with E-state index in [2.05, 4.69) is 40.5 Å². The van der Waals surface area contributed by atoms with Crippen LogP contribution in [0.2, 0.25) is 0 Å².